The van der Waals surface area contributed by atoms with Crippen molar-refractivity contribution in [3.63, 3.8) is 0 Å². The van der Waals surface area contributed by atoms with Gasteiger partial charge in [-0.2, -0.15) is 5.10 Å². The summed E-state index contributed by atoms with van der Waals surface area (Å²) in [7, 11) is 2.18. The Labute approximate surface area is 104 Å². The minimum Gasteiger partial charge on any atom is -0.326 e. The number of hydrogen-bond donors (Lipinski definition) is 1. The number of aromatic nitrogens is 2. The molecule has 1 heterocycles. The molecule has 1 aromatic heterocycles. The van der Waals surface area contributed by atoms with Crippen molar-refractivity contribution >= 4 is 0 Å². The lowest BCUT2D eigenvalue weighted by Crippen LogP contribution is -2.47. The molecule has 2 N–H and O–H groups in total. The molecule has 4 nitrogen and oxygen atoms in total. The molecule has 2 unspecified atom stereocenters. The van der Waals surface area contributed by atoms with Gasteiger partial charge in [0.25, 0.3) is 0 Å². The molecule has 1 aliphatic rings. The van der Waals surface area contributed by atoms with Crippen molar-refractivity contribution in [1.82, 2.24) is 14.7 Å². The van der Waals surface area contributed by atoms with Crippen LogP contribution in [0.5, 0.6) is 0 Å². The smallest absolute Gasteiger partial charge is 0.0534 e. The fourth-order valence-corrected chi connectivity index (χ4v) is 2.75. The van der Waals surface area contributed by atoms with Gasteiger partial charge in [-0.1, -0.05) is 12.8 Å². The van der Waals surface area contributed by atoms with Crippen LogP contribution in [-0.4, -0.2) is 33.8 Å². The van der Waals surface area contributed by atoms with Crippen LogP contribution in [0.15, 0.2) is 12.4 Å². The van der Waals surface area contributed by atoms with E-state index in [-0.39, 0.29) is 0 Å². The van der Waals surface area contributed by atoms with Gasteiger partial charge in [-0.25, -0.2) is 0 Å². The average Bonchev–Trinajstić information content (AvgIpc) is 2.77. The zero-order chi connectivity index (χ0) is 12.3. The first-order valence-electron chi connectivity index (χ1n) is 6.68. The molecule has 96 valence electrons. The van der Waals surface area contributed by atoms with E-state index < -0.39 is 0 Å². The van der Waals surface area contributed by atoms with Crippen molar-refractivity contribution in [1.29, 1.82) is 0 Å². The minimum atomic E-state index is 0.343. The molecule has 1 saturated carbocycles. The Morgan fingerprint density at radius 2 is 2.24 bits per heavy atom. The molecule has 1 aliphatic carbocycles. The molecule has 2 atom stereocenters. The van der Waals surface area contributed by atoms with E-state index in [0.29, 0.717) is 12.1 Å². The molecule has 0 aromatic carbocycles. The highest BCUT2D eigenvalue weighted by Crippen LogP contribution is 2.22. The molecular formula is C13H24N4. The molecule has 1 aromatic rings. The molecule has 17 heavy (non-hydrogen) atoms. The van der Waals surface area contributed by atoms with Gasteiger partial charge in [0.2, 0.25) is 0 Å². The van der Waals surface area contributed by atoms with Gasteiger partial charge in [0, 0.05) is 36.9 Å². The van der Waals surface area contributed by atoms with Crippen LogP contribution in [0.25, 0.3) is 0 Å². The van der Waals surface area contributed by atoms with Crippen molar-refractivity contribution in [2.24, 2.45) is 5.73 Å². The van der Waals surface area contributed by atoms with Crippen LogP contribution in [0, 0.1) is 0 Å². The van der Waals surface area contributed by atoms with Gasteiger partial charge in [-0.15, -0.1) is 0 Å². The van der Waals surface area contributed by atoms with Crippen molar-refractivity contribution < 1.29 is 0 Å². The Morgan fingerprint density at radius 3 is 2.88 bits per heavy atom. The van der Waals surface area contributed by atoms with Crippen LogP contribution in [0.4, 0.5) is 0 Å². The molecule has 0 radical (unpaired) electrons. The summed E-state index contributed by atoms with van der Waals surface area (Å²) >= 11 is 0. The van der Waals surface area contributed by atoms with Gasteiger partial charge in [-0.3, -0.25) is 9.58 Å². The van der Waals surface area contributed by atoms with Gasteiger partial charge in [0.1, 0.15) is 0 Å². The van der Waals surface area contributed by atoms with Gasteiger partial charge >= 0.3 is 0 Å². The Morgan fingerprint density at radius 1 is 1.47 bits per heavy atom. The molecule has 0 amide bonds. The molecule has 0 spiro atoms. The van der Waals surface area contributed by atoms with Crippen LogP contribution in [0.1, 0.15) is 38.2 Å². The van der Waals surface area contributed by atoms with Gasteiger partial charge in [0.05, 0.1) is 6.20 Å². The largest absolute Gasteiger partial charge is 0.326 e. The van der Waals surface area contributed by atoms with Gasteiger partial charge in [-0.05, 0) is 26.8 Å². The van der Waals surface area contributed by atoms with Crippen LogP contribution >= 0.6 is 0 Å². The first kappa shape index (κ1) is 12.6. The maximum absolute atomic E-state index is 6.20. The standard InChI is InChI=1S/C13H24N4/c1-3-17-10-11(8-15-17)9-16(2)13-7-5-4-6-12(13)14/h8,10,12-13H,3-7,9,14H2,1-2H3. The average molecular weight is 236 g/mol. The Hall–Kier alpha value is -0.870. The second-order valence-electron chi connectivity index (χ2n) is 5.14. The highest BCUT2D eigenvalue weighted by molar-refractivity contribution is 5.04. The summed E-state index contributed by atoms with van der Waals surface area (Å²) < 4.78 is 1.98. The highest BCUT2D eigenvalue weighted by atomic mass is 15.3. The Kier molecular flexibility index (Phi) is 4.18. The predicted molar refractivity (Wildman–Crippen MR) is 69.6 cm³/mol. The first-order chi connectivity index (χ1) is 8.20. The number of hydrogen-bond acceptors (Lipinski definition) is 3. The van der Waals surface area contributed by atoms with Gasteiger partial charge < -0.3 is 5.73 Å². The van der Waals surface area contributed by atoms with E-state index in [4.69, 9.17) is 5.73 Å². The van der Waals surface area contributed by atoms with Crippen molar-refractivity contribution in [3.05, 3.63) is 18.0 Å². The second-order valence-corrected chi connectivity index (χ2v) is 5.14. The molecule has 4 heteroatoms. The summed E-state index contributed by atoms with van der Waals surface area (Å²) in [6.07, 6.45) is 9.11. The third-order valence-electron chi connectivity index (χ3n) is 3.79. The molecule has 0 aliphatic heterocycles. The topological polar surface area (TPSA) is 47.1 Å². The van der Waals surface area contributed by atoms with E-state index in [2.05, 4.69) is 30.2 Å². The predicted octanol–water partition coefficient (Wildman–Crippen LogP) is 1.60. The lowest BCUT2D eigenvalue weighted by atomic mass is 9.90. The fraction of sp³-hybridized carbons (Fsp3) is 0.769. The number of nitrogens with zero attached hydrogens (tertiary/aromatic N) is 3. The number of rotatable bonds is 4. The van der Waals surface area contributed by atoms with Crippen LogP contribution in [-0.2, 0) is 13.1 Å². The highest BCUT2D eigenvalue weighted by Gasteiger charge is 2.25. The summed E-state index contributed by atoms with van der Waals surface area (Å²) in [6.45, 7) is 4.00. The molecule has 1 fully saturated rings. The SMILES string of the molecule is CCn1cc(CN(C)C2CCCCC2N)cn1. The third-order valence-corrected chi connectivity index (χ3v) is 3.79. The summed E-state index contributed by atoms with van der Waals surface area (Å²) in [4.78, 5) is 2.39. The Balaban J connectivity index is 1.93. The van der Waals surface area contributed by atoms with Crippen LogP contribution in [0.3, 0.4) is 0 Å². The van der Waals surface area contributed by atoms with E-state index in [1.165, 1.54) is 31.2 Å². The van der Waals surface area contributed by atoms with E-state index in [0.717, 1.165) is 13.1 Å². The fourth-order valence-electron chi connectivity index (χ4n) is 2.75. The second kappa shape index (κ2) is 5.65. The van der Waals surface area contributed by atoms with Crippen LogP contribution in [0.2, 0.25) is 0 Å². The van der Waals surface area contributed by atoms with E-state index in [1.807, 2.05) is 10.9 Å². The zero-order valence-electron chi connectivity index (χ0n) is 11.0. The third kappa shape index (κ3) is 3.07. The number of likely N-dealkylation sites (N-methyl/N-ethyl adjacent to an activating group) is 1. The van der Waals surface area contributed by atoms with Gasteiger partial charge in [0.15, 0.2) is 0 Å². The van der Waals surface area contributed by atoms with Crippen molar-refractivity contribution in [3.8, 4) is 0 Å². The lowest BCUT2D eigenvalue weighted by molar-refractivity contribution is 0.162. The summed E-state index contributed by atoms with van der Waals surface area (Å²) in [5.41, 5.74) is 7.49. The zero-order valence-corrected chi connectivity index (χ0v) is 11.0. The molecule has 0 bridgehead atoms. The molecular weight excluding hydrogens is 212 g/mol. The minimum absolute atomic E-state index is 0.343. The normalized spacial score (nSPS) is 25.4. The lowest BCUT2D eigenvalue weighted by Gasteiger charge is -2.35. The number of nitrogens with two attached hydrogens (primary N) is 1. The van der Waals surface area contributed by atoms with Crippen LogP contribution < -0.4 is 5.73 Å². The maximum atomic E-state index is 6.20. The Bertz CT molecular complexity index is 347. The number of aryl methyl sites for hydroxylation is 1. The summed E-state index contributed by atoms with van der Waals surface area (Å²) in [6, 6.07) is 0.878. The van der Waals surface area contributed by atoms with Crippen molar-refractivity contribution in [2.75, 3.05) is 7.05 Å². The summed E-state index contributed by atoms with van der Waals surface area (Å²) in [5.74, 6) is 0. The molecule has 2 rings (SSSR count). The van der Waals surface area contributed by atoms with Crippen molar-refractivity contribution in [2.45, 2.75) is 57.8 Å². The summed E-state index contributed by atoms with van der Waals surface area (Å²) in [5, 5.41) is 4.31. The maximum Gasteiger partial charge on any atom is 0.0534 e. The quantitative estimate of drug-likeness (QED) is 0.864. The van der Waals surface area contributed by atoms with E-state index in [9.17, 15) is 0 Å². The van der Waals surface area contributed by atoms with E-state index >= 15 is 0 Å². The monoisotopic (exact) mass is 236 g/mol. The molecule has 0 saturated heterocycles. The first-order valence-corrected chi connectivity index (χ1v) is 6.68. The van der Waals surface area contributed by atoms with E-state index in [1.54, 1.807) is 0 Å².